The molecule has 0 aliphatic heterocycles. The van der Waals surface area contributed by atoms with Gasteiger partial charge < -0.3 is 0 Å². The van der Waals surface area contributed by atoms with Gasteiger partial charge in [0.1, 0.15) is 0 Å². The molecular formula is C32H46N6O6. The Morgan fingerprint density at radius 2 is 0.932 bits per heavy atom. The summed E-state index contributed by atoms with van der Waals surface area (Å²) in [5, 5.41) is 0. The maximum absolute atomic E-state index is 14.3. The molecule has 1 heterocycles. The Labute approximate surface area is 257 Å². The molecule has 3 aliphatic carbocycles. The van der Waals surface area contributed by atoms with E-state index in [0.717, 1.165) is 38.5 Å². The zero-order chi connectivity index (χ0) is 31.8. The van der Waals surface area contributed by atoms with Crippen LogP contribution in [0.25, 0.3) is 0 Å². The van der Waals surface area contributed by atoms with Crippen LogP contribution in [0.5, 0.6) is 0 Å². The van der Waals surface area contributed by atoms with Gasteiger partial charge in [0.25, 0.3) is 0 Å². The third-order valence-electron chi connectivity index (χ3n) is 10.7. The highest BCUT2D eigenvalue weighted by Crippen LogP contribution is 2.38. The van der Waals surface area contributed by atoms with Crippen LogP contribution in [0.15, 0.2) is 29.4 Å². The molecule has 1 aromatic heterocycles. The van der Waals surface area contributed by atoms with E-state index in [1.807, 2.05) is 20.8 Å². The van der Waals surface area contributed by atoms with Crippen LogP contribution in [-0.2, 0) is 14.4 Å². The summed E-state index contributed by atoms with van der Waals surface area (Å²) in [7, 11) is 0. The number of aromatic nitrogens is 3. The number of carbonyl (C=O) groups excluding carboxylic acids is 3. The lowest BCUT2D eigenvalue weighted by Gasteiger charge is -2.36. The highest BCUT2D eigenvalue weighted by molar-refractivity contribution is 5.34. The van der Waals surface area contributed by atoms with Gasteiger partial charge in [0.2, 0.25) is 18.2 Å². The molecule has 240 valence electrons. The van der Waals surface area contributed by atoms with Gasteiger partial charge in [-0.15, -0.1) is 0 Å². The van der Waals surface area contributed by atoms with Crippen LogP contribution >= 0.6 is 0 Å². The van der Waals surface area contributed by atoms with Crippen LogP contribution < -0.4 is 17.1 Å². The number of hydrogen-bond donors (Lipinski definition) is 0. The third-order valence-corrected chi connectivity index (χ3v) is 10.7. The zero-order valence-electron chi connectivity index (χ0n) is 26.2. The van der Waals surface area contributed by atoms with Crippen molar-refractivity contribution < 1.29 is 14.4 Å². The first-order chi connectivity index (χ1) is 21.3. The van der Waals surface area contributed by atoms with E-state index in [1.54, 1.807) is 18.2 Å². The van der Waals surface area contributed by atoms with E-state index in [1.165, 1.54) is 13.7 Å². The summed E-state index contributed by atoms with van der Waals surface area (Å²) in [6.07, 6.45) is 14.5. The van der Waals surface area contributed by atoms with Crippen LogP contribution in [0.3, 0.4) is 0 Å². The minimum Gasteiger partial charge on any atom is -0.247 e. The Kier molecular flexibility index (Phi) is 11.8. The number of aliphatic imine (C=N–C) groups is 3. The van der Waals surface area contributed by atoms with Crippen LogP contribution in [0.4, 0.5) is 0 Å². The normalized spacial score (nSPS) is 29.2. The van der Waals surface area contributed by atoms with Gasteiger partial charge in [0.15, 0.2) is 0 Å². The Balaban J connectivity index is 1.84. The van der Waals surface area contributed by atoms with Crippen molar-refractivity contribution in [3.8, 4) is 0 Å². The summed E-state index contributed by atoms with van der Waals surface area (Å²) in [5.74, 6) is 0.0468. The molecule has 0 radical (unpaired) electrons. The summed E-state index contributed by atoms with van der Waals surface area (Å²) in [6.45, 7) is 5.77. The number of hydrogen-bond acceptors (Lipinski definition) is 9. The fourth-order valence-corrected chi connectivity index (χ4v) is 8.36. The lowest BCUT2D eigenvalue weighted by molar-refractivity contribution is 0.178. The fourth-order valence-electron chi connectivity index (χ4n) is 8.36. The summed E-state index contributed by atoms with van der Waals surface area (Å²) in [6, 6.07) is -2.04. The molecule has 0 amide bonds. The number of isocyanates is 3. The molecule has 3 aliphatic rings. The van der Waals surface area contributed by atoms with Gasteiger partial charge in [-0.25, -0.2) is 57.4 Å². The summed E-state index contributed by atoms with van der Waals surface area (Å²) < 4.78 is 3.93. The summed E-state index contributed by atoms with van der Waals surface area (Å²) in [5.41, 5.74) is -1.76. The third kappa shape index (κ3) is 7.09. The smallest absolute Gasteiger partial charge is 0.247 e. The Morgan fingerprint density at radius 3 is 1.27 bits per heavy atom. The Bertz CT molecular complexity index is 1390. The van der Waals surface area contributed by atoms with Gasteiger partial charge >= 0.3 is 17.1 Å². The van der Waals surface area contributed by atoms with E-state index < -0.39 is 35.2 Å². The molecule has 0 aromatic carbocycles. The number of rotatable bonds is 11. The SMILES string of the molecule is CCC(N=C=O)C1CCCC(n2c(=O)n(C3CCCC(C(C)N=C=O)C3)c(=O)n(C3CCCC(C(CC)N=C=O)C3)c2=O)C1. The monoisotopic (exact) mass is 610 g/mol. The maximum Gasteiger partial charge on any atom is 0.336 e. The highest BCUT2D eigenvalue weighted by atomic mass is 16.2. The largest absolute Gasteiger partial charge is 0.336 e. The molecule has 0 spiro atoms. The molecule has 12 nitrogen and oxygen atoms in total. The predicted molar refractivity (Wildman–Crippen MR) is 164 cm³/mol. The molecule has 0 N–H and O–H groups in total. The molecule has 0 bridgehead atoms. The molecule has 1 aromatic rings. The van der Waals surface area contributed by atoms with E-state index in [0.29, 0.717) is 51.4 Å². The van der Waals surface area contributed by atoms with Crippen molar-refractivity contribution in [2.75, 3.05) is 0 Å². The van der Waals surface area contributed by atoms with Crippen LogP contribution in [0.2, 0.25) is 0 Å². The average Bonchev–Trinajstić information content (AvgIpc) is 3.03. The van der Waals surface area contributed by atoms with Gasteiger partial charge in [0, 0.05) is 18.1 Å². The van der Waals surface area contributed by atoms with Gasteiger partial charge in [-0.2, -0.15) is 0 Å². The fraction of sp³-hybridized carbons (Fsp3) is 0.812. The minimum atomic E-state index is -0.588. The van der Waals surface area contributed by atoms with Gasteiger partial charge in [0.05, 0.1) is 18.1 Å². The van der Waals surface area contributed by atoms with Crippen LogP contribution in [0, 0.1) is 17.8 Å². The second-order valence-corrected chi connectivity index (χ2v) is 13.1. The molecule has 3 fully saturated rings. The van der Waals surface area contributed by atoms with Crippen molar-refractivity contribution in [3.63, 3.8) is 0 Å². The molecule has 0 saturated heterocycles. The Morgan fingerprint density at radius 1 is 0.591 bits per heavy atom. The number of nitrogens with zero attached hydrogens (tertiary/aromatic N) is 6. The molecule has 44 heavy (non-hydrogen) atoms. The van der Waals surface area contributed by atoms with Crippen LogP contribution in [-0.4, -0.2) is 50.1 Å². The van der Waals surface area contributed by atoms with Gasteiger partial charge in [-0.05, 0) is 95.3 Å². The summed E-state index contributed by atoms with van der Waals surface area (Å²) >= 11 is 0. The average molecular weight is 611 g/mol. The van der Waals surface area contributed by atoms with Crippen molar-refractivity contribution in [2.45, 2.75) is 147 Å². The van der Waals surface area contributed by atoms with Crippen molar-refractivity contribution in [2.24, 2.45) is 32.7 Å². The van der Waals surface area contributed by atoms with E-state index >= 15 is 0 Å². The van der Waals surface area contributed by atoms with E-state index in [-0.39, 0.29) is 35.9 Å². The lowest BCUT2D eigenvalue weighted by Crippen LogP contribution is -2.58. The highest BCUT2D eigenvalue weighted by Gasteiger charge is 2.37. The lowest BCUT2D eigenvalue weighted by atomic mass is 9.80. The standard InChI is InChI=1S/C32H46N6O6/c1-4-28(34-19-40)23-10-7-13-26(16-23)37-30(42)36(25-12-6-9-22(15-25)21(3)33-18-39)31(43)38(32(37)44)27-14-8-11-24(17-27)29(5-2)35-20-41/h21-29H,4-17H2,1-3H3. The zero-order valence-corrected chi connectivity index (χ0v) is 26.2. The van der Waals surface area contributed by atoms with Crippen molar-refractivity contribution >= 4 is 18.2 Å². The molecule has 9 unspecified atom stereocenters. The second-order valence-electron chi connectivity index (χ2n) is 13.1. The second kappa shape index (κ2) is 15.5. The first-order valence-electron chi connectivity index (χ1n) is 16.5. The van der Waals surface area contributed by atoms with E-state index in [4.69, 9.17) is 0 Å². The quantitative estimate of drug-likeness (QED) is 0.269. The molecule has 3 saturated carbocycles. The topological polar surface area (TPSA) is 154 Å². The van der Waals surface area contributed by atoms with Crippen molar-refractivity contribution in [1.82, 2.24) is 13.7 Å². The van der Waals surface area contributed by atoms with Gasteiger partial charge in [-0.3, -0.25) is 0 Å². The molecule has 4 rings (SSSR count). The first-order valence-corrected chi connectivity index (χ1v) is 16.5. The molecule has 9 atom stereocenters. The summed E-state index contributed by atoms with van der Waals surface area (Å²) in [4.78, 5) is 88.1. The molecular weight excluding hydrogens is 564 g/mol. The van der Waals surface area contributed by atoms with Crippen LogP contribution in [0.1, 0.15) is 129 Å². The van der Waals surface area contributed by atoms with E-state index in [9.17, 15) is 28.8 Å². The maximum atomic E-state index is 14.3. The van der Waals surface area contributed by atoms with E-state index in [2.05, 4.69) is 15.0 Å². The predicted octanol–water partition coefficient (Wildman–Crippen LogP) is 4.32. The van der Waals surface area contributed by atoms with Gasteiger partial charge in [-0.1, -0.05) is 33.1 Å². The van der Waals surface area contributed by atoms with Crippen molar-refractivity contribution in [3.05, 3.63) is 31.5 Å². The molecule has 12 heteroatoms. The van der Waals surface area contributed by atoms with Crippen molar-refractivity contribution in [1.29, 1.82) is 0 Å². The Hall–Kier alpha value is -3.45. The minimum absolute atomic E-state index is 0.00600. The first kappa shape index (κ1) is 33.4.